The molecule has 244 valence electrons. The van der Waals surface area contributed by atoms with E-state index in [9.17, 15) is 34.2 Å². The maximum absolute atomic E-state index is 14.5. The fourth-order valence-electron chi connectivity index (χ4n) is 9.21. The largest absolute Gasteiger partial charge is 0.507 e. The van der Waals surface area contributed by atoms with Gasteiger partial charge in [-0.05, 0) is 78.2 Å². The van der Waals surface area contributed by atoms with Crippen LogP contribution in [0.5, 0.6) is 5.75 Å². The number of aliphatic hydroxyl groups is 1. The van der Waals surface area contributed by atoms with Crippen molar-refractivity contribution in [3.05, 3.63) is 65.2 Å². The van der Waals surface area contributed by atoms with Crippen LogP contribution in [0.2, 0.25) is 0 Å². The SMILES string of the molecule is C=C(Cc1ccc(-c2ccc(O)c3c2C[C@]2(C)C[C@]4(C)C(C(C)C)C(=O)C(C(C)=O)C(=O)[C@]4(O)C(=O)C2C3=O)cc1)CC(C)CC. The lowest BCUT2D eigenvalue weighted by molar-refractivity contribution is -0.205. The summed E-state index contributed by atoms with van der Waals surface area (Å²) in [6, 6.07) is 11.3. The van der Waals surface area contributed by atoms with Gasteiger partial charge in [0.05, 0.1) is 11.5 Å². The summed E-state index contributed by atoms with van der Waals surface area (Å²) in [5, 5.41) is 23.2. The Balaban J connectivity index is 1.60. The topological polar surface area (TPSA) is 126 Å². The molecule has 4 unspecified atom stereocenters. The van der Waals surface area contributed by atoms with Gasteiger partial charge in [-0.2, -0.15) is 0 Å². The number of aromatic hydroxyl groups is 1. The number of fused-ring (bicyclic) bond motifs is 3. The number of benzene rings is 2. The van der Waals surface area contributed by atoms with Crippen LogP contribution < -0.4 is 0 Å². The Bertz CT molecular complexity index is 1670. The molecule has 5 rings (SSSR count). The summed E-state index contributed by atoms with van der Waals surface area (Å²) >= 11 is 0. The zero-order valence-corrected chi connectivity index (χ0v) is 28.0. The molecule has 0 bridgehead atoms. The number of hydrogen-bond donors (Lipinski definition) is 2. The average Bonchev–Trinajstić information content (AvgIpc) is 2.95. The van der Waals surface area contributed by atoms with Crippen molar-refractivity contribution in [1.82, 2.24) is 0 Å². The molecule has 0 radical (unpaired) electrons. The molecule has 0 amide bonds. The van der Waals surface area contributed by atoms with E-state index >= 15 is 0 Å². The molecule has 2 N–H and O–H groups in total. The minimum atomic E-state index is -2.70. The maximum atomic E-state index is 14.5. The molecule has 7 heteroatoms. The second-order valence-electron chi connectivity index (χ2n) is 15.2. The molecule has 0 aliphatic heterocycles. The molecule has 7 nitrogen and oxygen atoms in total. The lowest BCUT2D eigenvalue weighted by Crippen LogP contribution is -2.76. The Hall–Kier alpha value is -3.71. The smallest absolute Gasteiger partial charge is 0.190 e. The van der Waals surface area contributed by atoms with Crippen molar-refractivity contribution < 1.29 is 34.2 Å². The van der Waals surface area contributed by atoms with Gasteiger partial charge >= 0.3 is 0 Å². The minimum Gasteiger partial charge on any atom is -0.507 e. The fraction of sp³-hybridized carbons (Fsp3) is 0.513. The lowest BCUT2D eigenvalue weighted by atomic mass is 9.40. The van der Waals surface area contributed by atoms with E-state index in [4.69, 9.17) is 0 Å². The quantitative estimate of drug-likeness (QED) is 0.260. The van der Waals surface area contributed by atoms with Gasteiger partial charge in [0, 0.05) is 11.3 Å². The summed E-state index contributed by atoms with van der Waals surface area (Å²) in [7, 11) is 0. The predicted molar refractivity (Wildman–Crippen MR) is 175 cm³/mol. The number of carbonyl (C=O) groups excluding carboxylic acids is 5. The summed E-state index contributed by atoms with van der Waals surface area (Å²) in [5.74, 6) is -8.36. The maximum Gasteiger partial charge on any atom is 0.190 e. The summed E-state index contributed by atoms with van der Waals surface area (Å²) in [4.78, 5) is 68.9. The second-order valence-corrected chi connectivity index (χ2v) is 15.2. The molecule has 2 saturated carbocycles. The molecular weight excluding hydrogens is 580 g/mol. The predicted octanol–water partition coefficient (Wildman–Crippen LogP) is 6.29. The summed E-state index contributed by atoms with van der Waals surface area (Å²) in [6.45, 7) is 16.7. The first-order valence-electron chi connectivity index (χ1n) is 16.4. The standard InChI is InChI=1S/C39H46O7/c1-9-21(4)16-22(5)17-24-10-12-25(13-11-24)26-14-15-28(41)30-27(26)18-37(7)19-38(8)31(20(2)3)33(42)29(23(6)40)35(44)39(38,46)36(45)32(37)34(30)43/h10-15,20-21,29,31-32,41,46H,5,9,16-19H2,1-4,6-8H3/t21?,29?,31?,32?,37-,38-,39+/m1/s1. The van der Waals surface area contributed by atoms with Gasteiger partial charge < -0.3 is 10.2 Å². The highest BCUT2D eigenvalue weighted by Gasteiger charge is 2.76. The van der Waals surface area contributed by atoms with Gasteiger partial charge in [0.2, 0.25) is 0 Å². The van der Waals surface area contributed by atoms with Gasteiger partial charge in [-0.25, -0.2) is 0 Å². The molecular formula is C39H46O7. The van der Waals surface area contributed by atoms with E-state index < -0.39 is 69.0 Å². The van der Waals surface area contributed by atoms with Crippen LogP contribution in [0.3, 0.4) is 0 Å². The average molecular weight is 627 g/mol. The summed E-state index contributed by atoms with van der Waals surface area (Å²) < 4.78 is 0. The molecule has 2 aromatic rings. The second kappa shape index (κ2) is 11.5. The Morgan fingerprint density at radius 3 is 2.20 bits per heavy atom. The van der Waals surface area contributed by atoms with Crippen LogP contribution in [0.15, 0.2) is 48.6 Å². The lowest BCUT2D eigenvalue weighted by Gasteiger charge is -2.61. The molecule has 0 spiro atoms. The zero-order chi connectivity index (χ0) is 34.1. The van der Waals surface area contributed by atoms with Gasteiger partial charge in [0.15, 0.2) is 28.7 Å². The highest BCUT2D eigenvalue weighted by atomic mass is 16.3. The van der Waals surface area contributed by atoms with E-state index in [1.807, 2.05) is 24.3 Å². The third-order valence-electron chi connectivity index (χ3n) is 11.3. The van der Waals surface area contributed by atoms with Crippen molar-refractivity contribution in [2.45, 2.75) is 86.2 Å². The number of hydrogen-bond acceptors (Lipinski definition) is 7. The van der Waals surface area contributed by atoms with Crippen LogP contribution in [0.1, 0.15) is 89.2 Å². The summed E-state index contributed by atoms with van der Waals surface area (Å²) in [6.07, 6.45) is 3.05. The van der Waals surface area contributed by atoms with Gasteiger partial charge in [-0.3, -0.25) is 24.0 Å². The van der Waals surface area contributed by atoms with E-state index in [1.165, 1.54) is 6.07 Å². The number of phenolic OH excluding ortho intramolecular Hbond substituents is 1. The van der Waals surface area contributed by atoms with Crippen molar-refractivity contribution in [1.29, 1.82) is 0 Å². The molecule has 2 aromatic carbocycles. The van der Waals surface area contributed by atoms with Crippen molar-refractivity contribution >= 4 is 28.9 Å². The molecule has 0 heterocycles. The highest BCUT2D eigenvalue weighted by Crippen LogP contribution is 2.64. The number of allylic oxidation sites excluding steroid dienone is 1. The fourth-order valence-corrected chi connectivity index (χ4v) is 9.21. The zero-order valence-electron chi connectivity index (χ0n) is 28.0. The monoisotopic (exact) mass is 626 g/mol. The van der Waals surface area contributed by atoms with Crippen LogP contribution in [-0.4, -0.2) is 44.7 Å². The highest BCUT2D eigenvalue weighted by molar-refractivity contribution is 6.32. The molecule has 3 aliphatic carbocycles. The van der Waals surface area contributed by atoms with Crippen molar-refractivity contribution in [2.75, 3.05) is 0 Å². The summed E-state index contributed by atoms with van der Waals surface area (Å²) in [5.41, 5.74) is -0.841. The normalized spacial score (nSPS) is 31.3. The van der Waals surface area contributed by atoms with Gasteiger partial charge in [-0.1, -0.05) is 90.4 Å². The van der Waals surface area contributed by atoms with Crippen molar-refractivity contribution in [3.8, 4) is 16.9 Å². The molecule has 2 fully saturated rings. The molecule has 3 aliphatic rings. The molecule has 0 saturated heterocycles. The Morgan fingerprint density at radius 2 is 1.63 bits per heavy atom. The Morgan fingerprint density at radius 1 is 1.00 bits per heavy atom. The van der Waals surface area contributed by atoms with Crippen LogP contribution in [-0.2, 0) is 32.0 Å². The van der Waals surface area contributed by atoms with Crippen molar-refractivity contribution in [3.63, 3.8) is 0 Å². The van der Waals surface area contributed by atoms with Crippen LogP contribution >= 0.6 is 0 Å². The van der Waals surface area contributed by atoms with E-state index in [2.05, 4.69) is 20.4 Å². The minimum absolute atomic E-state index is 0.00870. The van der Waals surface area contributed by atoms with E-state index in [-0.39, 0.29) is 24.2 Å². The molecule has 7 atom stereocenters. The van der Waals surface area contributed by atoms with Crippen LogP contribution in [0.25, 0.3) is 11.1 Å². The van der Waals surface area contributed by atoms with E-state index in [0.29, 0.717) is 11.5 Å². The van der Waals surface area contributed by atoms with E-state index in [1.54, 1.807) is 33.8 Å². The number of phenols is 1. The van der Waals surface area contributed by atoms with E-state index in [0.717, 1.165) is 48.4 Å². The third-order valence-corrected chi connectivity index (χ3v) is 11.3. The number of Topliss-reactive ketones (excluding diaryl/α,β-unsaturated/α-hetero) is 5. The number of rotatable bonds is 8. The van der Waals surface area contributed by atoms with Crippen LogP contribution in [0.4, 0.5) is 0 Å². The molecule has 0 aromatic heterocycles. The Kier molecular flexibility index (Phi) is 8.42. The first kappa shape index (κ1) is 33.6. The van der Waals surface area contributed by atoms with Gasteiger partial charge in [-0.15, -0.1) is 0 Å². The number of carbonyl (C=O) groups is 5. The van der Waals surface area contributed by atoms with Gasteiger partial charge in [0.1, 0.15) is 17.5 Å². The van der Waals surface area contributed by atoms with Crippen LogP contribution in [0, 0.1) is 40.4 Å². The van der Waals surface area contributed by atoms with Gasteiger partial charge in [0.25, 0.3) is 0 Å². The molecule has 46 heavy (non-hydrogen) atoms. The van der Waals surface area contributed by atoms with Crippen molar-refractivity contribution in [2.24, 2.45) is 40.4 Å². The number of ketones is 5. The third kappa shape index (κ3) is 4.85. The first-order chi connectivity index (χ1) is 21.4. The Labute approximate surface area is 271 Å². The first-order valence-corrected chi connectivity index (χ1v) is 16.4.